The van der Waals surface area contributed by atoms with Gasteiger partial charge in [0.1, 0.15) is 0 Å². The van der Waals surface area contributed by atoms with Crippen LogP contribution in [0.2, 0.25) is 0 Å². The molecule has 0 radical (unpaired) electrons. The average molecular weight is 232 g/mol. The summed E-state index contributed by atoms with van der Waals surface area (Å²) in [5.74, 6) is 0. The highest BCUT2D eigenvalue weighted by Gasteiger charge is 2.18. The van der Waals surface area contributed by atoms with Crippen LogP contribution >= 0.6 is 12.2 Å². The summed E-state index contributed by atoms with van der Waals surface area (Å²) in [5.41, 5.74) is 2.63. The molecule has 1 heterocycles. The third-order valence-electron chi connectivity index (χ3n) is 2.75. The predicted molar refractivity (Wildman–Crippen MR) is 72.9 cm³/mol. The van der Waals surface area contributed by atoms with Crippen molar-refractivity contribution in [2.75, 3.05) is 18.0 Å². The van der Waals surface area contributed by atoms with E-state index in [1.165, 1.54) is 11.3 Å². The zero-order valence-corrected chi connectivity index (χ0v) is 10.1. The van der Waals surface area contributed by atoms with Crippen LogP contribution in [-0.4, -0.2) is 18.2 Å². The van der Waals surface area contributed by atoms with E-state index in [0.717, 1.165) is 31.0 Å². The third-order valence-corrected chi connectivity index (χ3v) is 3.12. The van der Waals surface area contributed by atoms with Crippen LogP contribution in [0.15, 0.2) is 36.9 Å². The zero-order chi connectivity index (χ0) is 11.4. The van der Waals surface area contributed by atoms with Gasteiger partial charge in [-0.1, -0.05) is 24.3 Å². The number of hydrogen-bond donors (Lipinski definition) is 1. The molecular formula is C13H16N2S. The van der Waals surface area contributed by atoms with Crippen LogP contribution < -0.4 is 10.2 Å². The van der Waals surface area contributed by atoms with E-state index in [9.17, 15) is 0 Å². The second-order valence-corrected chi connectivity index (χ2v) is 4.25. The molecule has 1 aromatic carbocycles. The fourth-order valence-electron chi connectivity index (χ4n) is 2.00. The van der Waals surface area contributed by atoms with E-state index in [0.29, 0.717) is 0 Å². The first-order valence-corrected chi connectivity index (χ1v) is 5.98. The van der Waals surface area contributed by atoms with Gasteiger partial charge in [-0.05, 0) is 36.7 Å². The topological polar surface area (TPSA) is 15.3 Å². The number of aryl methyl sites for hydroxylation is 1. The lowest BCUT2D eigenvalue weighted by molar-refractivity contribution is 0.770. The predicted octanol–water partition coefficient (Wildman–Crippen LogP) is 2.50. The number of benzene rings is 1. The first-order valence-electron chi connectivity index (χ1n) is 5.57. The molecule has 0 aliphatic carbocycles. The van der Waals surface area contributed by atoms with Crippen molar-refractivity contribution in [2.45, 2.75) is 12.8 Å². The Bertz CT molecular complexity index is 401. The fourth-order valence-corrected chi connectivity index (χ4v) is 2.27. The van der Waals surface area contributed by atoms with Crippen molar-refractivity contribution in [2.24, 2.45) is 0 Å². The van der Waals surface area contributed by atoms with Crippen LogP contribution in [0.1, 0.15) is 12.0 Å². The molecule has 0 unspecified atom stereocenters. The summed E-state index contributed by atoms with van der Waals surface area (Å²) in [4.78, 5) is 2.18. The monoisotopic (exact) mass is 232 g/mol. The van der Waals surface area contributed by atoms with Crippen LogP contribution in [-0.2, 0) is 6.42 Å². The van der Waals surface area contributed by atoms with Crippen molar-refractivity contribution in [3.63, 3.8) is 0 Å². The van der Waals surface area contributed by atoms with Gasteiger partial charge >= 0.3 is 0 Å². The Hall–Kier alpha value is -1.35. The Balaban J connectivity index is 2.18. The highest BCUT2D eigenvalue weighted by Crippen LogP contribution is 2.26. The number of nitrogens with zero attached hydrogens (tertiary/aromatic N) is 1. The minimum Gasteiger partial charge on any atom is -0.359 e. The van der Waals surface area contributed by atoms with Gasteiger partial charge in [0.05, 0.1) is 0 Å². The molecule has 0 atom stereocenters. The zero-order valence-electron chi connectivity index (χ0n) is 9.28. The Morgan fingerprint density at radius 1 is 1.50 bits per heavy atom. The van der Waals surface area contributed by atoms with Gasteiger partial charge < -0.3 is 10.2 Å². The molecule has 0 fully saturated rings. The van der Waals surface area contributed by atoms with Gasteiger partial charge in [-0.3, -0.25) is 0 Å². The molecule has 0 aromatic heterocycles. The number of nitrogens with one attached hydrogen (secondary N) is 1. The molecule has 0 bridgehead atoms. The highest BCUT2D eigenvalue weighted by atomic mass is 32.1. The van der Waals surface area contributed by atoms with E-state index in [1.54, 1.807) is 0 Å². The summed E-state index contributed by atoms with van der Waals surface area (Å²) < 4.78 is 0. The molecule has 16 heavy (non-hydrogen) atoms. The molecular weight excluding hydrogens is 216 g/mol. The smallest absolute Gasteiger partial charge is 0.173 e. The summed E-state index contributed by atoms with van der Waals surface area (Å²) in [6.45, 7) is 5.40. The Kier molecular flexibility index (Phi) is 3.57. The van der Waals surface area contributed by atoms with E-state index < -0.39 is 0 Å². The van der Waals surface area contributed by atoms with Gasteiger partial charge in [-0.25, -0.2) is 0 Å². The molecule has 2 rings (SSSR count). The first-order chi connectivity index (χ1) is 7.83. The standard InChI is InChI=1S/C13H16N2S/c1-2-9-14-13(16)15-10-5-7-11-6-3-4-8-12(11)15/h2-4,6,8H,1,5,7,9-10H2,(H,14,16). The lowest BCUT2D eigenvalue weighted by Crippen LogP contribution is -2.42. The van der Waals surface area contributed by atoms with Crippen molar-refractivity contribution in [3.8, 4) is 0 Å². The number of thiocarbonyl (C=S) groups is 1. The van der Waals surface area contributed by atoms with Crippen LogP contribution in [0.5, 0.6) is 0 Å². The minimum absolute atomic E-state index is 0.720. The molecule has 0 saturated carbocycles. The van der Waals surface area contributed by atoms with Gasteiger partial charge in [-0.2, -0.15) is 0 Å². The SMILES string of the molecule is C=CCNC(=S)N1CCCc2ccccc21. The normalized spacial score (nSPS) is 14.1. The summed E-state index contributed by atoms with van der Waals surface area (Å²) in [5, 5.41) is 3.98. The number of anilines is 1. The van der Waals surface area contributed by atoms with E-state index in [-0.39, 0.29) is 0 Å². The summed E-state index contributed by atoms with van der Waals surface area (Å²) >= 11 is 5.38. The Labute approximate surface area is 102 Å². The molecule has 3 heteroatoms. The Morgan fingerprint density at radius 2 is 2.31 bits per heavy atom. The number of hydrogen-bond acceptors (Lipinski definition) is 1. The molecule has 2 nitrogen and oxygen atoms in total. The van der Waals surface area contributed by atoms with Gasteiger partial charge in [0.2, 0.25) is 0 Å². The van der Waals surface area contributed by atoms with Crippen LogP contribution in [0.3, 0.4) is 0 Å². The maximum Gasteiger partial charge on any atom is 0.173 e. The number of fused-ring (bicyclic) bond motifs is 1. The molecule has 0 amide bonds. The van der Waals surface area contributed by atoms with Gasteiger partial charge in [0.25, 0.3) is 0 Å². The lowest BCUT2D eigenvalue weighted by Gasteiger charge is -2.31. The highest BCUT2D eigenvalue weighted by molar-refractivity contribution is 7.80. The second kappa shape index (κ2) is 5.12. The van der Waals surface area contributed by atoms with Crippen molar-refractivity contribution in [3.05, 3.63) is 42.5 Å². The fraction of sp³-hybridized carbons (Fsp3) is 0.308. The Morgan fingerprint density at radius 3 is 3.12 bits per heavy atom. The van der Waals surface area contributed by atoms with Gasteiger partial charge in [0.15, 0.2) is 5.11 Å². The quantitative estimate of drug-likeness (QED) is 0.623. The van der Waals surface area contributed by atoms with Crippen LogP contribution in [0.25, 0.3) is 0 Å². The number of para-hydroxylation sites is 1. The summed E-state index contributed by atoms with van der Waals surface area (Å²) in [6.07, 6.45) is 4.13. The lowest BCUT2D eigenvalue weighted by atomic mass is 10.0. The van der Waals surface area contributed by atoms with Gasteiger partial charge in [-0.15, -0.1) is 6.58 Å². The van der Waals surface area contributed by atoms with Crippen LogP contribution in [0, 0.1) is 0 Å². The average Bonchev–Trinajstić information content (AvgIpc) is 2.35. The summed E-state index contributed by atoms with van der Waals surface area (Å²) in [6, 6.07) is 8.46. The first kappa shape index (κ1) is 11.1. The van der Waals surface area contributed by atoms with E-state index in [1.807, 2.05) is 6.08 Å². The maximum atomic E-state index is 5.38. The molecule has 0 spiro atoms. The molecule has 1 aromatic rings. The van der Waals surface area contributed by atoms with Gasteiger partial charge in [0, 0.05) is 18.8 Å². The summed E-state index contributed by atoms with van der Waals surface area (Å²) in [7, 11) is 0. The van der Waals surface area contributed by atoms with E-state index in [4.69, 9.17) is 12.2 Å². The van der Waals surface area contributed by atoms with Crippen molar-refractivity contribution in [1.29, 1.82) is 0 Å². The van der Waals surface area contributed by atoms with Crippen LogP contribution in [0.4, 0.5) is 5.69 Å². The maximum absolute atomic E-state index is 5.38. The number of rotatable bonds is 2. The van der Waals surface area contributed by atoms with Crippen molar-refractivity contribution < 1.29 is 0 Å². The third kappa shape index (κ3) is 2.25. The largest absolute Gasteiger partial charge is 0.359 e. The molecule has 84 valence electrons. The van der Waals surface area contributed by atoms with Crippen molar-refractivity contribution >= 4 is 23.0 Å². The van der Waals surface area contributed by atoms with E-state index in [2.05, 4.69) is 41.1 Å². The van der Waals surface area contributed by atoms with Crippen molar-refractivity contribution in [1.82, 2.24) is 5.32 Å². The van der Waals surface area contributed by atoms with E-state index >= 15 is 0 Å². The molecule has 1 N–H and O–H groups in total. The second-order valence-electron chi connectivity index (χ2n) is 3.86. The molecule has 0 saturated heterocycles. The molecule has 1 aliphatic heterocycles. The minimum atomic E-state index is 0.720. The molecule has 1 aliphatic rings.